The van der Waals surface area contributed by atoms with Crippen LogP contribution in [0, 0.1) is 0 Å². The fourth-order valence-electron chi connectivity index (χ4n) is 1.45. The monoisotopic (exact) mass is 307 g/mol. The highest BCUT2D eigenvalue weighted by Gasteiger charge is 2.10. The molecular formula is C15H21N3O2S. The maximum absolute atomic E-state index is 11.7. The number of carbonyl (C=O) groups is 1. The predicted molar refractivity (Wildman–Crippen MR) is 89.2 cm³/mol. The van der Waals surface area contributed by atoms with Crippen LogP contribution in [0.4, 0.5) is 5.69 Å². The lowest BCUT2D eigenvalue weighted by atomic mass is 10.1. The first-order chi connectivity index (χ1) is 9.85. The Hall–Kier alpha value is -1.95. The number of amidine groups is 1. The molecule has 0 aliphatic carbocycles. The molecule has 1 aromatic carbocycles. The predicted octanol–water partition coefficient (Wildman–Crippen LogP) is 2.69. The molecule has 0 saturated heterocycles. The molecule has 6 heteroatoms. The number of ether oxygens (including phenoxy) is 1. The Kier molecular flexibility index (Phi) is 6.30. The van der Waals surface area contributed by atoms with Crippen molar-refractivity contribution in [2.45, 2.75) is 13.3 Å². The summed E-state index contributed by atoms with van der Waals surface area (Å²) >= 11 is 5.12. The van der Waals surface area contributed by atoms with Crippen molar-refractivity contribution >= 4 is 34.9 Å². The van der Waals surface area contributed by atoms with Gasteiger partial charge in [-0.1, -0.05) is 19.1 Å². The van der Waals surface area contributed by atoms with Crippen molar-refractivity contribution in [2.24, 2.45) is 4.99 Å². The Morgan fingerprint density at radius 2 is 1.90 bits per heavy atom. The number of hydrogen-bond donors (Lipinski definition) is 0. The number of hydrogen-bond acceptors (Lipinski definition) is 4. The average molecular weight is 307 g/mol. The summed E-state index contributed by atoms with van der Waals surface area (Å²) < 4.78 is 5.55. The summed E-state index contributed by atoms with van der Waals surface area (Å²) in [4.78, 5) is 19.6. The van der Waals surface area contributed by atoms with E-state index in [9.17, 15) is 4.79 Å². The molecule has 21 heavy (non-hydrogen) atoms. The molecule has 0 fully saturated rings. The van der Waals surface area contributed by atoms with Crippen LogP contribution in [0.1, 0.15) is 23.7 Å². The van der Waals surface area contributed by atoms with Gasteiger partial charge in [-0.05, 0) is 24.4 Å². The molecule has 0 aliphatic rings. The lowest BCUT2D eigenvalue weighted by Crippen LogP contribution is -2.32. The van der Waals surface area contributed by atoms with Gasteiger partial charge in [-0.15, -0.1) is 0 Å². The number of aliphatic imine (C=N–C) groups is 1. The summed E-state index contributed by atoms with van der Waals surface area (Å²) in [7, 11) is 7.24. The summed E-state index contributed by atoms with van der Waals surface area (Å²) in [5.41, 5.74) is 1.30. The van der Waals surface area contributed by atoms with Gasteiger partial charge in [-0.3, -0.25) is 4.79 Å². The molecular weight excluding hydrogens is 286 g/mol. The average Bonchev–Trinajstić information content (AvgIpc) is 2.45. The van der Waals surface area contributed by atoms with E-state index in [0.717, 1.165) is 0 Å². The van der Waals surface area contributed by atoms with E-state index in [0.29, 0.717) is 28.9 Å². The number of thiocarbonyl (C=S) groups is 1. The molecule has 0 atom stereocenters. The van der Waals surface area contributed by atoms with Crippen LogP contribution < -0.4 is 0 Å². The zero-order chi connectivity index (χ0) is 16.0. The van der Waals surface area contributed by atoms with Crippen LogP contribution in [0.3, 0.4) is 0 Å². The van der Waals surface area contributed by atoms with Crippen LogP contribution in [0.5, 0.6) is 0 Å². The van der Waals surface area contributed by atoms with Gasteiger partial charge in [0.25, 0.3) is 11.2 Å². The van der Waals surface area contributed by atoms with Crippen LogP contribution in [0.2, 0.25) is 0 Å². The topological polar surface area (TPSA) is 45.1 Å². The Morgan fingerprint density at radius 3 is 2.43 bits per heavy atom. The molecule has 0 radical (unpaired) electrons. The third-order valence-corrected chi connectivity index (χ3v) is 3.09. The second-order valence-electron chi connectivity index (χ2n) is 4.88. The van der Waals surface area contributed by atoms with Gasteiger partial charge < -0.3 is 14.5 Å². The Labute approximate surface area is 131 Å². The highest BCUT2D eigenvalue weighted by molar-refractivity contribution is 7.80. The standard InChI is InChI=1S/C15H21N3O2S/c1-6-13(19)11-8-7-9-12(10-11)16-14(17(2)3)20-15(21)18(4)5/h7-10H,6H2,1-5H3. The zero-order valence-electron chi connectivity index (χ0n) is 13.1. The Morgan fingerprint density at radius 1 is 1.24 bits per heavy atom. The molecule has 0 saturated carbocycles. The molecule has 114 valence electrons. The zero-order valence-corrected chi connectivity index (χ0v) is 13.9. The molecule has 0 aromatic heterocycles. The normalized spacial score (nSPS) is 11.0. The van der Waals surface area contributed by atoms with Crippen LogP contribution in [-0.2, 0) is 4.74 Å². The number of nitrogens with zero attached hydrogens (tertiary/aromatic N) is 3. The summed E-state index contributed by atoms with van der Waals surface area (Å²) in [6, 6.07) is 7.52. The first-order valence-corrected chi connectivity index (χ1v) is 7.04. The summed E-state index contributed by atoms with van der Waals surface area (Å²) in [5.74, 6) is 0.0863. The van der Waals surface area contributed by atoms with Crippen LogP contribution in [0.15, 0.2) is 29.3 Å². The largest absolute Gasteiger partial charge is 0.398 e. The molecule has 0 N–H and O–H groups in total. The second-order valence-corrected chi connectivity index (χ2v) is 5.23. The van der Waals surface area contributed by atoms with E-state index < -0.39 is 0 Å². The molecule has 0 aliphatic heterocycles. The number of ketones is 1. The highest BCUT2D eigenvalue weighted by Crippen LogP contribution is 2.16. The van der Waals surface area contributed by atoms with E-state index in [2.05, 4.69) is 4.99 Å². The van der Waals surface area contributed by atoms with Crippen molar-refractivity contribution in [3.63, 3.8) is 0 Å². The van der Waals surface area contributed by atoms with Gasteiger partial charge in [0.1, 0.15) is 0 Å². The van der Waals surface area contributed by atoms with E-state index in [1.54, 1.807) is 42.1 Å². The molecule has 0 spiro atoms. The van der Waals surface area contributed by atoms with Gasteiger partial charge >= 0.3 is 0 Å². The van der Waals surface area contributed by atoms with E-state index in [1.807, 2.05) is 27.1 Å². The van der Waals surface area contributed by atoms with Gasteiger partial charge in [0.05, 0.1) is 5.69 Å². The van der Waals surface area contributed by atoms with Gasteiger partial charge in [-0.25, -0.2) is 0 Å². The third kappa shape index (κ3) is 5.15. The molecule has 1 aromatic rings. The van der Waals surface area contributed by atoms with E-state index in [4.69, 9.17) is 17.0 Å². The van der Waals surface area contributed by atoms with Crippen molar-refractivity contribution in [3.8, 4) is 0 Å². The molecule has 0 amide bonds. The SMILES string of the molecule is CCC(=O)c1cccc(N=C(OC(=S)N(C)C)N(C)C)c1. The van der Waals surface area contributed by atoms with E-state index >= 15 is 0 Å². The van der Waals surface area contributed by atoms with Gasteiger partial charge in [-0.2, -0.15) is 4.99 Å². The minimum Gasteiger partial charge on any atom is -0.398 e. The third-order valence-electron chi connectivity index (χ3n) is 2.64. The minimum absolute atomic E-state index is 0.0863. The smallest absolute Gasteiger partial charge is 0.299 e. The number of rotatable bonds is 3. The van der Waals surface area contributed by atoms with Crippen molar-refractivity contribution in [2.75, 3.05) is 28.2 Å². The lowest BCUT2D eigenvalue weighted by Gasteiger charge is -2.19. The fourth-order valence-corrected chi connectivity index (χ4v) is 1.52. The van der Waals surface area contributed by atoms with Crippen molar-refractivity contribution in [1.29, 1.82) is 0 Å². The van der Waals surface area contributed by atoms with Crippen molar-refractivity contribution in [3.05, 3.63) is 29.8 Å². The quantitative estimate of drug-likeness (QED) is 0.372. The Bertz CT molecular complexity index is 554. The minimum atomic E-state index is 0.0863. The lowest BCUT2D eigenvalue weighted by molar-refractivity contribution is 0.0988. The fraction of sp³-hybridized carbons (Fsp3) is 0.400. The maximum atomic E-state index is 11.7. The number of benzene rings is 1. The molecule has 1 rings (SSSR count). The van der Waals surface area contributed by atoms with Crippen LogP contribution in [0.25, 0.3) is 0 Å². The highest BCUT2D eigenvalue weighted by atomic mass is 32.1. The van der Waals surface area contributed by atoms with Crippen molar-refractivity contribution in [1.82, 2.24) is 9.80 Å². The molecule has 5 nitrogen and oxygen atoms in total. The van der Waals surface area contributed by atoms with Gasteiger partial charge in [0.2, 0.25) is 0 Å². The first-order valence-electron chi connectivity index (χ1n) is 6.63. The number of Topliss-reactive ketones (excluding diaryl/α,β-unsaturated/α-hetero) is 1. The van der Waals surface area contributed by atoms with Crippen molar-refractivity contribution < 1.29 is 9.53 Å². The van der Waals surface area contributed by atoms with E-state index in [-0.39, 0.29) is 5.78 Å². The Balaban J connectivity index is 3.05. The first kappa shape index (κ1) is 17.1. The molecule has 0 heterocycles. The van der Waals surface area contributed by atoms with Gasteiger partial charge in [0, 0.05) is 40.2 Å². The van der Waals surface area contributed by atoms with E-state index in [1.165, 1.54) is 0 Å². The summed E-state index contributed by atoms with van der Waals surface area (Å²) in [6.07, 6.45) is 0.467. The van der Waals surface area contributed by atoms with Crippen LogP contribution >= 0.6 is 12.2 Å². The summed E-state index contributed by atoms with van der Waals surface area (Å²) in [5, 5.41) is 0.322. The van der Waals surface area contributed by atoms with Crippen LogP contribution in [-0.4, -0.2) is 55.0 Å². The molecule has 0 bridgehead atoms. The second kappa shape index (κ2) is 7.73. The number of carbonyl (C=O) groups excluding carboxylic acids is 1. The molecule has 0 unspecified atom stereocenters. The van der Waals surface area contributed by atoms with Gasteiger partial charge in [0.15, 0.2) is 5.78 Å². The maximum Gasteiger partial charge on any atom is 0.299 e. The summed E-state index contributed by atoms with van der Waals surface area (Å²) in [6.45, 7) is 1.84.